The Hall–Kier alpha value is -4.06. The van der Waals surface area contributed by atoms with E-state index in [4.69, 9.17) is 0 Å². The molecule has 4 N–H and O–H groups in total. The fourth-order valence-corrected chi connectivity index (χ4v) is 3.91. The molecule has 0 bridgehead atoms. The molecule has 176 valence electrons. The monoisotopic (exact) mass is 465 g/mol. The number of hydrogen-bond donors (Lipinski definition) is 4. The molecular weight excluding hydrogens is 441 g/mol. The minimum atomic E-state index is -0.734. The number of fused-ring (bicyclic) bond motifs is 1. The van der Waals surface area contributed by atoms with E-state index in [-0.39, 0.29) is 24.8 Å². The Kier molecular flexibility index (Phi) is 5.57. The Bertz CT molecular complexity index is 1320. The van der Waals surface area contributed by atoms with Gasteiger partial charge in [0, 0.05) is 30.9 Å². The van der Waals surface area contributed by atoms with E-state index in [0.717, 1.165) is 17.3 Å². The summed E-state index contributed by atoms with van der Waals surface area (Å²) in [6.07, 6.45) is 2.49. The van der Waals surface area contributed by atoms with Gasteiger partial charge in [-0.2, -0.15) is 14.5 Å². The summed E-state index contributed by atoms with van der Waals surface area (Å²) < 4.78 is 14.8. The van der Waals surface area contributed by atoms with E-state index in [0.29, 0.717) is 23.2 Å². The van der Waals surface area contributed by atoms with Crippen molar-refractivity contribution in [3.8, 4) is 0 Å². The number of aliphatic hydroxyl groups is 1. The minimum absolute atomic E-state index is 0.186. The van der Waals surface area contributed by atoms with Crippen LogP contribution in [0.15, 0.2) is 42.7 Å². The molecule has 1 aliphatic heterocycles. The van der Waals surface area contributed by atoms with Gasteiger partial charge in [-0.1, -0.05) is 13.8 Å². The third-order valence-corrected chi connectivity index (χ3v) is 5.68. The van der Waals surface area contributed by atoms with Crippen LogP contribution in [0.2, 0.25) is 0 Å². The summed E-state index contributed by atoms with van der Waals surface area (Å²) in [5, 5.41) is 28.1. The largest absolute Gasteiger partial charge is 0.391 e. The molecule has 4 aromatic heterocycles. The molecule has 1 fully saturated rings. The van der Waals surface area contributed by atoms with Gasteiger partial charge in [-0.05, 0) is 30.2 Å². The number of carbonyl (C=O) groups is 1. The summed E-state index contributed by atoms with van der Waals surface area (Å²) >= 11 is 0. The predicted molar refractivity (Wildman–Crippen MR) is 124 cm³/mol. The van der Waals surface area contributed by atoms with E-state index in [2.05, 4.69) is 49.7 Å². The van der Waals surface area contributed by atoms with Crippen molar-refractivity contribution in [2.24, 2.45) is 0 Å². The molecular formula is C22H24FN9O2. The Morgan fingerprint density at radius 1 is 1.32 bits per heavy atom. The fourth-order valence-electron chi connectivity index (χ4n) is 3.91. The number of halogens is 1. The first-order chi connectivity index (χ1) is 16.4. The topological polar surface area (TPSA) is 136 Å². The molecule has 1 aliphatic rings. The van der Waals surface area contributed by atoms with Crippen LogP contribution in [0.1, 0.15) is 31.9 Å². The van der Waals surface area contributed by atoms with E-state index in [9.17, 15) is 14.3 Å². The molecule has 1 saturated heterocycles. The number of anilines is 4. The zero-order valence-electron chi connectivity index (χ0n) is 18.6. The molecule has 2 atom stereocenters. The number of nitrogens with zero attached hydrogens (tertiary/aromatic N) is 6. The molecule has 0 aromatic carbocycles. The van der Waals surface area contributed by atoms with Crippen LogP contribution >= 0.6 is 0 Å². The van der Waals surface area contributed by atoms with Crippen LogP contribution < -0.4 is 15.5 Å². The quantitative estimate of drug-likeness (QED) is 0.319. The van der Waals surface area contributed by atoms with Gasteiger partial charge in [0.2, 0.25) is 17.8 Å². The van der Waals surface area contributed by atoms with Crippen LogP contribution in [-0.2, 0) is 4.79 Å². The van der Waals surface area contributed by atoms with E-state index in [1.807, 2.05) is 18.2 Å². The number of β-amino-alcohol motifs (C(OH)–C–C–N with tert-alkyl or cyclic N) is 1. The maximum Gasteiger partial charge on any atom is 0.247 e. The number of carbonyl (C=O) groups excluding carboxylic acids is 1. The molecule has 0 radical (unpaired) electrons. The normalized spacial score (nSPS) is 18.1. The van der Waals surface area contributed by atoms with Crippen molar-refractivity contribution in [1.29, 1.82) is 0 Å². The lowest BCUT2D eigenvalue weighted by Gasteiger charge is -2.24. The molecule has 5 rings (SSSR count). The molecule has 11 nitrogen and oxygen atoms in total. The highest BCUT2D eigenvalue weighted by molar-refractivity contribution is 5.97. The van der Waals surface area contributed by atoms with Crippen LogP contribution in [0.25, 0.3) is 5.52 Å². The highest BCUT2D eigenvalue weighted by Crippen LogP contribution is 2.28. The van der Waals surface area contributed by atoms with Gasteiger partial charge in [0.25, 0.3) is 0 Å². The second-order valence-electron chi connectivity index (χ2n) is 8.50. The molecule has 0 aliphatic carbocycles. The minimum Gasteiger partial charge on any atom is -0.391 e. The van der Waals surface area contributed by atoms with E-state index >= 15 is 0 Å². The standard InChI is InChI=1S/C22H24FN9O2/c1-12(2)15-9-19(29-28-15)26-20-16-4-3-7-32(16)30-22(27-20)31-11-14(33)8-17(31)21(34)25-13-5-6-18(23)24-10-13/h3-7,9-10,12,14,17,33H,8,11H2,1-2H3,(H,25,34)(H2,26,27,28,29,30)/t14-,17-/m0/s1. The van der Waals surface area contributed by atoms with Crippen LogP contribution in [0, 0.1) is 5.95 Å². The SMILES string of the molecule is CC(C)c1cc(Nc2nc(N3C[C@@H](O)C[C@H]3C(=O)Nc3ccc(F)nc3)nn3cccc23)n[nH]1. The molecule has 4 aromatic rings. The number of aromatic nitrogens is 6. The van der Waals surface area contributed by atoms with E-state index in [1.54, 1.807) is 15.6 Å². The summed E-state index contributed by atoms with van der Waals surface area (Å²) in [4.78, 5) is 22.9. The third-order valence-electron chi connectivity index (χ3n) is 5.68. The molecule has 0 spiro atoms. The summed E-state index contributed by atoms with van der Waals surface area (Å²) in [6.45, 7) is 4.32. The van der Waals surface area contributed by atoms with E-state index in [1.165, 1.54) is 12.3 Å². The van der Waals surface area contributed by atoms with Gasteiger partial charge >= 0.3 is 0 Å². The van der Waals surface area contributed by atoms with Crippen molar-refractivity contribution in [2.45, 2.75) is 38.3 Å². The van der Waals surface area contributed by atoms with Gasteiger partial charge in [-0.25, -0.2) is 9.50 Å². The van der Waals surface area contributed by atoms with Gasteiger partial charge in [0.1, 0.15) is 11.6 Å². The lowest BCUT2D eigenvalue weighted by molar-refractivity contribution is -0.117. The van der Waals surface area contributed by atoms with E-state index < -0.39 is 18.1 Å². The predicted octanol–water partition coefficient (Wildman–Crippen LogP) is 2.43. The van der Waals surface area contributed by atoms with Gasteiger partial charge in [0.05, 0.1) is 18.0 Å². The molecule has 1 amide bonds. The van der Waals surface area contributed by atoms with Gasteiger partial charge < -0.3 is 20.6 Å². The number of amides is 1. The summed E-state index contributed by atoms with van der Waals surface area (Å²) in [5.74, 6) is 0.682. The summed E-state index contributed by atoms with van der Waals surface area (Å²) in [5.41, 5.74) is 2.07. The van der Waals surface area contributed by atoms with Crippen LogP contribution in [0.5, 0.6) is 0 Å². The zero-order valence-corrected chi connectivity index (χ0v) is 18.6. The Labute approximate surface area is 194 Å². The number of rotatable bonds is 6. The van der Waals surface area contributed by atoms with Crippen molar-refractivity contribution in [2.75, 3.05) is 22.1 Å². The molecule has 12 heteroatoms. The molecule has 5 heterocycles. The first-order valence-corrected chi connectivity index (χ1v) is 10.9. The molecule has 34 heavy (non-hydrogen) atoms. The molecule has 0 unspecified atom stereocenters. The summed E-state index contributed by atoms with van der Waals surface area (Å²) in [7, 11) is 0. The van der Waals surface area contributed by atoms with Crippen LogP contribution in [0.4, 0.5) is 27.7 Å². The number of pyridine rings is 1. The Morgan fingerprint density at radius 3 is 2.91 bits per heavy atom. The van der Waals surface area contributed by atoms with Gasteiger partial charge in [-0.3, -0.25) is 9.89 Å². The maximum absolute atomic E-state index is 13.1. The van der Waals surface area contributed by atoms with Crippen molar-refractivity contribution in [1.82, 2.24) is 29.8 Å². The molecule has 0 saturated carbocycles. The lowest BCUT2D eigenvalue weighted by Crippen LogP contribution is -2.41. The number of aromatic amines is 1. The highest BCUT2D eigenvalue weighted by atomic mass is 19.1. The number of H-pyrrole nitrogens is 1. The van der Waals surface area contributed by atoms with Gasteiger partial charge in [0.15, 0.2) is 11.6 Å². The van der Waals surface area contributed by atoms with Gasteiger partial charge in [-0.15, -0.1) is 5.10 Å². The Balaban J connectivity index is 1.44. The zero-order chi connectivity index (χ0) is 23.8. The first kappa shape index (κ1) is 21.8. The maximum atomic E-state index is 13.1. The van der Waals surface area contributed by atoms with Crippen molar-refractivity contribution < 1.29 is 14.3 Å². The second kappa shape index (κ2) is 8.71. The van der Waals surface area contributed by atoms with Crippen LogP contribution in [-0.4, -0.2) is 59.5 Å². The Morgan fingerprint density at radius 2 is 2.18 bits per heavy atom. The second-order valence-corrected chi connectivity index (χ2v) is 8.50. The van der Waals surface area contributed by atoms with Crippen LogP contribution in [0.3, 0.4) is 0 Å². The lowest BCUT2D eigenvalue weighted by atomic mass is 10.1. The number of nitrogens with one attached hydrogen (secondary N) is 3. The smallest absolute Gasteiger partial charge is 0.247 e. The third kappa shape index (κ3) is 4.27. The van der Waals surface area contributed by atoms with Crippen molar-refractivity contribution >= 4 is 34.7 Å². The number of hydrogen-bond acceptors (Lipinski definition) is 8. The summed E-state index contributed by atoms with van der Waals surface area (Å²) in [6, 6.07) is 7.49. The van der Waals surface area contributed by atoms with Crippen molar-refractivity contribution in [3.63, 3.8) is 0 Å². The highest BCUT2D eigenvalue weighted by Gasteiger charge is 2.38. The fraction of sp³-hybridized carbons (Fsp3) is 0.318. The first-order valence-electron chi connectivity index (χ1n) is 10.9. The van der Waals surface area contributed by atoms with Crippen molar-refractivity contribution in [3.05, 3.63) is 54.4 Å². The average Bonchev–Trinajstić information content (AvgIpc) is 3.54. The average molecular weight is 465 g/mol. The number of aliphatic hydroxyl groups excluding tert-OH is 1.